The van der Waals surface area contributed by atoms with E-state index in [1.807, 2.05) is 29.2 Å². The molecular weight excluding hydrogens is 316 g/mol. The van der Waals surface area contributed by atoms with Crippen LogP contribution in [0, 0.1) is 5.41 Å². The van der Waals surface area contributed by atoms with Crippen molar-refractivity contribution in [3.8, 4) is 5.75 Å². The summed E-state index contributed by atoms with van der Waals surface area (Å²) in [6, 6.07) is 7.87. The van der Waals surface area contributed by atoms with Gasteiger partial charge in [-0.2, -0.15) is 0 Å². The number of carbonyl (C=O) groups is 2. The van der Waals surface area contributed by atoms with E-state index in [2.05, 4.69) is 26.1 Å². The fraction of sp³-hybridized carbons (Fsp3) is 0.600. The van der Waals surface area contributed by atoms with Gasteiger partial charge in [0.15, 0.2) is 0 Å². The first-order chi connectivity index (χ1) is 11.7. The summed E-state index contributed by atoms with van der Waals surface area (Å²) in [5, 5.41) is 3.13. The fourth-order valence-electron chi connectivity index (χ4n) is 3.92. The van der Waals surface area contributed by atoms with Crippen LogP contribution in [-0.2, 0) is 15.0 Å². The summed E-state index contributed by atoms with van der Waals surface area (Å²) in [7, 11) is 1.63. The molecule has 25 heavy (non-hydrogen) atoms. The van der Waals surface area contributed by atoms with Gasteiger partial charge in [0.1, 0.15) is 5.75 Å². The largest absolute Gasteiger partial charge is 0.497 e. The minimum Gasteiger partial charge on any atom is -0.497 e. The second-order valence-corrected chi connectivity index (χ2v) is 8.48. The van der Waals surface area contributed by atoms with Crippen LogP contribution in [0.4, 0.5) is 0 Å². The number of amides is 2. The monoisotopic (exact) mass is 344 g/mol. The Kier molecular flexibility index (Phi) is 4.52. The summed E-state index contributed by atoms with van der Waals surface area (Å²) in [6.45, 7) is 7.36. The molecule has 2 amide bonds. The topological polar surface area (TPSA) is 58.6 Å². The van der Waals surface area contributed by atoms with E-state index in [1.165, 1.54) is 0 Å². The minimum atomic E-state index is -0.694. The van der Waals surface area contributed by atoms with Crippen molar-refractivity contribution in [2.24, 2.45) is 5.41 Å². The van der Waals surface area contributed by atoms with Gasteiger partial charge in [-0.05, 0) is 36.0 Å². The highest BCUT2D eigenvalue weighted by Gasteiger charge is 2.53. The average molecular weight is 344 g/mol. The Morgan fingerprint density at radius 3 is 2.80 bits per heavy atom. The van der Waals surface area contributed by atoms with E-state index < -0.39 is 5.41 Å². The van der Waals surface area contributed by atoms with E-state index >= 15 is 0 Å². The first-order valence-electron chi connectivity index (χ1n) is 8.97. The maximum Gasteiger partial charge on any atom is 0.232 e. The van der Waals surface area contributed by atoms with Crippen molar-refractivity contribution >= 4 is 11.8 Å². The highest BCUT2D eigenvalue weighted by atomic mass is 16.5. The Labute approximate surface area is 149 Å². The molecular formula is C20H28N2O3. The van der Waals surface area contributed by atoms with Gasteiger partial charge in [0.05, 0.1) is 12.5 Å². The van der Waals surface area contributed by atoms with Crippen LogP contribution in [0.15, 0.2) is 24.3 Å². The van der Waals surface area contributed by atoms with Crippen LogP contribution < -0.4 is 10.1 Å². The van der Waals surface area contributed by atoms with Crippen molar-refractivity contribution in [2.45, 2.75) is 51.5 Å². The van der Waals surface area contributed by atoms with E-state index in [1.54, 1.807) is 7.11 Å². The van der Waals surface area contributed by atoms with Gasteiger partial charge in [-0.25, -0.2) is 0 Å². The highest BCUT2D eigenvalue weighted by molar-refractivity contribution is 5.91. The molecule has 2 fully saturated rings. The summed E-state index contributed by atoms with van der Waals surface area (Å²) in [5.74, 6) is 0.912. The zero-order chi connectivity index (χ0) is 18.2. The smallest absolute Gasteiger partial charge is 0.232 e. The lowest BCUT2D eigenvalue weighted by Gasteiger charge is -2.31. The molecule has 3 rings (SSSR count). The zero-order valence-corrected chi connectivity index (χ0v) is 15.6. The molecule has 0 aliphatic carbocycles. The Bertz CT molecular complexity index is 680. The number of nitrogens with one attached hydrogen (secondary N) is 1. The lowest BCUT2D eigenvalue weighted by molar-refractivity contribution is -0.129. The van der Waals surface area contributed by atoms with Crippen LogP contribution in [-0.4, -0.2) is 43.0 Å². The van der Waals surface area contributed by atoms with Gasteiger partial charge in [0, 0.05) is 25.6 Å². The van der Waals surface area contributed by atoms with Crippen LogP contribution in [0.25, 0.3) is 0 Å². The van der Waals surface area contributed by atoms with Crippen molar-refractivity contribution in [3.63, 3.8) is 0 Å². The third-order valence-electron chi connectivity index (χ3n) is 5.31. The van der Waals surface area contributed by atoms with Gasteiger partial charge in [-0.15, -0.1) is 0 Å². The summed E-state index contributed by atoms with van der Waals surface area (Å²) >= 11 is 0. The number of hydrogen-bond donors (Lipinski definition) is 1. The number of rotatable bonds is 4. The molecule has 0 radical (unpaired) electrons. The van der Waals surface area contributed by atoms with Crippen LogP contribution in [0.2, 0.25) is 0 Å². The molecule has 2 saturated heterocycles. The molecule has 0 saturated carbocycles. The molecule has 1 aromatic carbocycles. The average Bonchev–Trinajstić information content (AvgIpc) is 3.12. The molecule has 2 aliphatic heterocycles. The molecule has 0 unspecified atom stereocenters. The van der Waals surface area contributed by atoms with Gasteiger partial charge in [0.25, 0.3) is 0 Å². The lowest BCUT2D eigenvalue weighted by Crippen LogP contribution is -2.48. The van der Waals surface area contributed by atoms with Crippen LogP contribution >= 0.6 is 0 Å². The van der Waals surface area contributed by atoms with Crippen molar-refractivity contribution in [3.05, 3.63) is 29.8 Å². The molecule has 0 bridgehead atoms. The van der Waals surface area contributed by atoms with Gasteiger partial charge in [-0.3, -0.25) is 9.59 Å². The SMILES string of the molecule is COc1cccc([C@]2(C(=O)NCC(C)(C)C)C[C@@H]3CCC(=O)N3C2)c1. The van der Waals surface area contributed by atoms with Crippen molar-refractivity contribution in [2.75, 3.05) is 20.2 Å². The molecule has 2 heterocycles. The standard InChI is InChI=1S/C20H28N2O3/c1-19(2,3)12-21-18(24)20(14-6-5-7-16(10-14)25-4)11-15-8-9-17(23)22(15)13-20/h5-7,10,15H,8-9,11-13H2,1-4H3,(H,21,24)/t15-,20-/m0/s1. The van der Waals surface area contributed by atoms with Gasteiger partial charge in [-0.1, -0.05) is 32.9 Å². The predicted molar refractivity (Wildman–Crippen MR) is 96.5 cm³/mol. The number of nitrogens with zero attached hydrogens (tertiary/aromatic N) is 1. The molecule has 2 atom stereocenters. The molecule has 2 aliphatic rings. The third-order valence-corrected chi connectivity index (χ3v) is 5.31. The molecule has 1 aromatic rings. The molecule has 136 valence electrons. The number of fused-ring (bicyclic) bond motifs is 1. The van der Waals surface area contributed by atoms with E-state index in [4.69, 9.17) is 4.74 Å². The maximum absolute atomic E-state index is 13.3. The maximum atomic E-state index is 13.3. The number of benzene rings is 1. The van der Waals surface area contributed by atoms with Crippen LogP contribution in [0.1, 0.15) is 45.6 Å². The number of ether oxygens (including phenoxy) is 1. The Morgan fingerprint density at radius 2 is 2.16 bits per heavy atom. The van der Waals surface area contributed by atoms with E-state index in [0.29, 0.717) is 25.9 Å². The molecule has 0 spiro atoms. The predicted octanol–water partition coefficient (Wildman–Crippen LogP) is 2.49. The first-order valence-corrected chi connectivity index (χ1v) is 8.97. The Hall–Kier alpha value is -2.04. The van der Waals surface area contributed by atoms with Crippen molar-refractivity contribution in [1.82, 2.24) is 10.2 Å². The second-order valence-electron chi connectivity index (χ2n) is 8.48. The second kappa shape index (κ2) is 6.36. The van der Waals surface area contributed by atoms with E-state index in [0.717, 1.165) is 17.7 Å². The Morgan fingerprint density at radius 1 is 1.40 bits per heavy atom. The van der Waals surface area contributed by atoms with Gasteiger partial charge < -0.3 is 15.0 Å². The molecule has 0 aromatic heterocycles. The zero-order valence-electron chi connectivity index (χ0n) is 15.6. The normalized spacial score (nSPS) is 25.8. The van der Waals surface area contributed by atoms with Crippen molar-refractivity contribution in [1.29, 1.82) is 0 Å². The number of methoxy groups -OCH3 is 1. The first kappa shape index (κ1) is 17.8. The highest BCUT2D eigenvalue weighted by Crippen LogP contribution is 2.43. The summed E-state index contributed by atoms with van der Waals surface area (Å²) in [5.41, 5.74) is 0.247. The van der Waals surface area contributed by atoms with Crippen LogP contribution in [0.5, 0.6) is 5.75 Å². The molecule has 5 heteroatoms. The minimum absolute atomic E-state index is 0.00973. The van der Waals surface area contributed by atoms with Crippen LogP contribution in [0.3, 0.4) is 0 Å². The fourth-order valence-corrected chi connectivity index (χ4v) is 3.92. The summed E-state index contributed by atoms with van der Waals surface area (Å²) < 4.78 is 5.36. The molecule has 5 nitrogen and oxygen atoms in total. The van der Waals surface area contributed by atoms with Gasteiger partial charge in [0.2, 0.25) is 11.8 Å². The van der Waals surface area contributed by atoms with E-state index in [-0.39, 0.29) is 23.3 Å². The third kappa shape index (κ3) is 3.37. The van der Waals surface area contributed by atoms with Crippen molar-refractivity contribution < 1.29 is 14.3 Å². The summed E-state index contributed by atoms with van der Waals surface area (Å²) in [4.78, 5) is 27.4. The van der Waals surface area contributed by atoms with E-state index in [9.17, 15) is 9.59 Å². The number of hydrogen-bond acceptors (Lipinski definition) is 3. The van der Waals surface area contributed by atoms with Gasteiger partial charge >= 0.3 is 0 Å². The number of carbonyl (C=O) groups excluding carboxylic acids is 2. The quantitative estimate of drug-likeness (QED) is 0.913. The summed E-state index contributed by atoms with van der Waals surface area (Å²) in [6.07, 6.45) is 2.13. The Balaban J connectivity index is 1.94. The lowest BCUT2D eigenvalue weighted by atomic mass is 9.76. The molecule has 1 N–H and O–H groups in total.